The summed E-state index contributed by atoms with van der Waals surface area (Å²) < 4.78 is 5.62. The number of thioether (sulfide) groups is 1. The minimum atomic E-state index is 0.130. The molecular formula is C16H21NO2S. The van der Waals surface area contributed by atoms with E-state index >= 15 is 0 Å². The molecule has 4 heteroatoms. The quantitative estimate of drug-likeness (QED) is 0.854. The molecule has 2 atom stereocenters. The normalized spacial score (nSPS) is 24.4. The van der Waals surface area contributed by atoms with Crippen LogP contribution in [0.2, 0.25) is 0 Å². The lowest BCUT2D eigenvalue weighted by Crippen LogP contribution is -2.41. The average molecular weight is 291 g/mol. The molecule has 0 N–H and O–H groups in total. The van der Waals surface area contributed by atoms with Crippen LogP contribution in [-0.2, 0) is 4.79 Å². The van der Waals surface area contributed by atoms with Gasteiger partial charge in [0.1, 0.15) is 5.75 Å². The molecule has 0 spiro atoms. The summed E-state index contributed by atoms with van der Waals surface area (Å²) in [5, 5.41) is 0.661. The lowest BCUT2D eigenvalue weighted by Gasteiger charge is -2.26. The number of likely N-dealkylation sites (tertiary alicyclic amines) is 1. The molecule has 3 nitrogen and oxygen atoms in total. The largest absolute Gasteiger partial charge is 0.484 e. The van der Waals surface area contributed by atoms with Crippen molar-refractivity contribution in [2.45, 2.75) is 37.5 Å². The van der Waals surface area contributed by atoms with Gasteiger partial charge in [0.2, 0.25) is 0 Å². The fraction of sp³-hybridized carbons (Fsp3) is 0.562. The van der Waals surface area contributed by atoms with Crippen LogP contribution in [0.3, 0.4) is 0 Å². The number of hydrogen-bond acceptors (Lipinski definition) is 3. The molecule has 2 aliphatic rings. The van der Waals surface area contributed by atoms with Gasteiger partial charge in [0.05, 0.1) is 0 Å². The second kappa shape index (κ2) is 5.68. The Morgan fingerprint density at radius 1 is 1.40 bits per heavy atom. The Bertz CT molecular complexity index is 486. The van der Waals surface area contributed by atoms with Crippen LogP contribution in [0.15, 0.2) is 24.3 Å². The Hall–Kier alpha value is -1.16. The number of benzene rings is 1. The molecule has 2 unspecified atom stereocenters. The van der Waals surface area contributed by atoms with E-state index in [9.17, 15) is 4.79 Å². The molecule has 20 heavy (non-hydrogen) atoms. The van der Waals surface area contributed by atoms with Crippen LogP contribution in [0.4, 0.5) is 0 Å². The van der Waals surface area contributed by atoms with Gasteiger partial charge < -0.3 is 9.64 Å². The maximum absolute atomic E-state index is 12.2. The summed E-state index contributed by atoms with van der Waals surface area (Å²) in [5.74, 6) is 2.52. The summed E-state index contributed by atoms with van der Waals surface area (Å²) in [6.45, 7) is 5.40. The topological polar surface area (TPSA) is 29.5 Å². The lowest BCUT2D eigenvalue weighted by atomic mass is 10.0. The van der Waals surface area contributed by atoms with Gasteiger partial charge >= 0.3 is 0 Å². The maximum atomic E-state index is 12.2. The molecule has 0 aromatic heterocycles. The smallest absolute Gasteiger partial charge is 0.260 e. The summed E-state index contributed by atoms with van der Waals surface area (Å²) in [6.07, 6.45) is 1.17. The first-order valence-electron chi connectivity index (χ1n) is 7.27. The molecule has 0 saturated carbocycles. The third kappa shape index (κ3) is 2.80. The monoisotopic (exact) mass is 291 g/mol. The first-order chi connectivity index (χ1) is 9.63. The Morgan fingerprint density at radius 3 is 2.70 bits per heavy atom. The van der Waals surface area contributed by atoms with Crippen LogP contribution < -0.4 is 4.74 Å². The predicted octanol–water partition coefficient (Wildman–Crippen LogP) is 2.91. The standard InChI is InChI=1S/C16H21NO2S/c1-11(2)12-3-5-14(6-4-12)19-9-16(18)17-8-15-7-13(17)10-20-15/h3-6,11,13,15H,7-10H2,1-2H3. The van der Waals surface area contributed by atoms with Crippen LogP contribution in [-0.4, -0.2) is 41.0 Å². The van der Waals surface area contributed by atoms with E-state index in [0.29, 0.717) is 17.2 Å². The van der Waals surface area contributed by atoms with E-state index < -0.39 is 0 Å². The van der Waals surface area contributed by atoms with E-state index in [1.54, 1.807) is 0 Å². The van der Waals surface area contributed by atoms with Crippen molar-refractivity contribution in [3.63, 3.8) is 0 Å². The van der Waals surface area contributed by atoms with Crippen molar-refractivity contribution >= 4 is 17.7 Å². The van der Waals surface area contributed by atoms with Crippen LogP contribution in [0.25, 0.3) is 0 Å². The van der Waals surface area contributed by atoms with Gasteiger partial charge in [-0.3, -0.25) is 4.79 Å². The van der Waals surface area contributed by atoms with Gasteiger partial charge in [-0.25, -0.2) is 0 Å². The number of amides is 1. The highest BCUT2D eigenvalue weighted by molar-refractivity contribution is 8.00. The Balaban J connectivity index is 1.53. The van der Waals surface area contributed by atoms with Crippen molar-refractivity contribution in [2.24, 2.45) is 0 Å². The summed E-state index contributed by atoms with van der Waals surface area (Å²) in [6, 6.07) is 8.49. The first kappa shape index (κ1) is 13.8. The van der Waals surface area contributed by atoms with E-state index in [1.165, 1.54) is 12.0 Å². The lowest BCUT2D eigenvalue weighted by molar-refractivity contribution is -0.133. The van der Waals surface area contributed by atoms with Crippen LogP contribution in [0, 0.1) is 0 Å². The number of rotatable bonds is 4. The number of hydrogen-bond donors (Lipinski definition) is 0. The molecule has 2 heterocycles. The predicted molar refractivity (Wildman–Crippen MR) is 82.4 cm³/mol. The third-order valence-electron chi connectivity index (χ3n) is 4.13. The molecule has 3 rings (SSSR count). The molecule has 2 saturated heterocycles. The van der Waals surface area contributed by atoms with Gasteiger partial charge in [-0.1, -0.05) is 26.0 Å². The highest BCUT2D eigenvalue weighted by atomic mass is 32.2. The highest BCUT2D eigenvalue weighted by Gasteiger charge is 2.40. The molecule has 1 aromatic rings. The fourth-order valence-corrected chi connectivity index (χ4v) is 4.32. The van der Waals surface area contributed by atoms with Gasteiger partial charge in [0.15, 0.2) is 6.61 Å². The number of fused-ring (bicyclic) bond motifs is 2. The van der Waals surface area contributed by atoms with E-state index in [4.69, 9.17) is 4.74 Å². The number of carbonyl (C=O) groups excluding carboxylic acids is 1. The van der Waals surface area contributed by atoms with Crippen molar-refractivity contribution in [3.05, 3.63) is 29.8 Å². The third-order valence-corrected chi connectivity index (χ3v) is 5.52. The minimum Gasteiger partial charge on any atom is -0.484 e. The number of carbonyl (C=O) groups is 1. The van der Waals surface area contributed by atoms with Crippen molar-refractivity contribution in [3.8, 4) is 5.75 Å². The number of nitrogens with zero attached hydrogens (tertiary/aromatic N) is 1. The van der Waals surface area contributed by atoms with Gasteiger partial charge in [0, 0.05) is 23.6 Å². The van der Waals surface area contributed by atoms with E-state index in [1.807, 2.05) is 28.8 Å². The summed E-state index contributed by atoms with van der Waals surface area (Å²) in [7, 11) is 0. The van der Waals surface area contributed by atoms with Gasteiger partial charge in [-0.05, 0) is 30.0 Å². The SMILES string of the molecule is CC(C)c1ccc(OCC(=O)N2CC3CC2CS3)cc1. The van der Waals surface area contributed by atoms with Crippen LogP contribution in [0.5, 0.6) is 5.75 Å². The maximum Gasteiger partial charge on any atom is 0.260 e. The fourth-order valence-electron chi connectivity index (χ4n) is 2.88. The Kier molecular flexibility index (Phi) is 3.92. The molecule has 0 aliphatic carbocycles. The zero-order valence-corrected chi connectivity index (χ0v) is 12.9. The summed E-state index contributed by atoms with van der Waals surface area (Å²) >= 11 is 2.00. The van der Waals surface area contributed by atoms with Gasteiger partial charge in [-0.2, -0.15) is 11.8 Å². The zero-order valence-electron chi connectivity index (χ0n) is 12.0. The van der Waals surface area contributed by atoms with E-state index in [0.717, 1.165) is 18.0 Å². The van der Waals surface area contributed by atoms with E-state index in [-0.39, 0.29) is 12.5 Å². The van der Waals surface area contributed by atoms with Crippen molar-refractivity contribution in [2.75, 3.05) is 18.9 Å². The molecular weight excluding hydrogens is 270 g/mol. The minimum absolute atomic E-state index is 0.130. The molecule has 2 bridgehead atoms. The zero-order chi connectivity index (χ0) is 14.1. The van der Waals surface area contributed by atoms with Gasteiger partial charge in [0.25, 0.3) is 5.91 Å². The van der Waals surface area contributed by atoms with Crippen molar-refractivity contribution < 1.29 is 9.53 Å². The molecule has 108 valence electrons. The van der Waals surface area contributed by atoms with Crippen LogP contribution in [0.1, 0.15) is 31.7 Å². The molecule has 2 aliphatic heterocycles. The Morgan fingerprint density at radius 2 is 2.15 bits per heavy atom. The molecule has 2 fully saturated rings. The van der Waals surface area contributed by atoms with Gasteiger partial charge in [-0.15, -0.1) is 0 Å². The molecule has 1 aromatic carbocycles. The molecule has 1 amide bonds. The highest BCUT2D eigenvalue weighted by Crippen LogP contribution is 2.37. The number of ether oxygens (including phenoxy) is 1. The second-order valence-corrected chi connectivity index (χ2v) is 7.24. The average Bonchev–Trinajstić information content (AvgIpc) is 3.08. The second-order valence-electron chi connectivity index (χ2n) is 5.90. The molecule has 0 radical (unpaired) electrons. The summed E-state index contributed by atoms with van der Waals surface area (Å²) in [4.78, 5) is 14.2. The van der Waals surface area contributed by atoms with Crippen molar-refractivity contribution in [1.82, 2.24) is 4.90 Å². The van der Waals surface area contributed by atoms with Crippen molar-refractivity contribution in [1.29, 1.82) is 0 Å². The Labute approximate surface area is 124 Å². The van der Waals surface area contributed by atoms with E-state index in [2.05, 4.69) is 26.0 Å². The first-order valence-corrected chi connectivity index (χ1v) is 8.32. The van der Waals surface area contributed by atoms with Crippen LogP contribution >= 0.6 is 11.8 Å². The summed E-state index contributed by atoms with van der Waals surface area (Å²) in [5.41, 5.74) is 1.29.